The topological polar surface area (TPSA) is 40.1 Å². The molecule has 1 aromatic rings. The van der Waals surface area contributed by atoms with Gasteiger partial charge in [-0.25, -0.2) is 0 Å². The van der Waals surface area contributed by atoms with Crippen molar-refractivity contribution in [2.75, 3.05) is 0 Å². The van der Waals surface area contributed by atoms with Crippen LogP contribution in [0.25, 0.3) is 0 Å². The number of hydrogen-bond donors (Lipinski definition) is 0. The van der Waals surface area contributed by atoms with Crippen molar-refractivity contribution in [2.45, 2.75) is 58.3 Å². The summed E-state index contributed by atoms with van der Waals surface area (Å²) in [6.45, 7) is 11.4. The zero-order valence-corrected chi connectivity index (χ0v) is 16.0. The average molecular weight is 372 g/mol. The van der Waals surface area contributed by atoms with Gasteiger partial charge < -0.3 is 0 Å². The van der Waals surface area contributed by atoms with E-state index in [9.17, 15) is 9.90 Å². The van der Waals surface area contributed by atoms with E-state index in [1.807, 2.05) is 5.92 Å². The van der Waals surface area contributed by atoms with Crippen LogP contribution < -0.4 is 9.57 Å². The third-order valence-corrected chi connectivity index (χ3v) is 6.40. The first-order valence-corrected chi connectivity index (χ1v) is 9.39. The Morgan fingerprint density at radius 1 is 1.09 bits per heavy atom. The van der Waals surface area contributed by atoms with E-state index in [0.717, 1.165) is 0 Å². The van der Waals surface area contributed by atoms with E-state index in [4.69, 9.17) is 0 Å². The van der Waals surface area contributed by atoms with Crippen LogP contribution >= 0.6 is 0 Å². The third-order valence-electron chi connectivity index (χ3n) is 4.59. The molecule has 1 aliphatic carbocycles. The Labute approximate surface area is 145 Å². The number of rotatable bonds is 1. The molecule has 0 aliphatic heterocycles. The average Bonchev–Trinajstić information content (AvgIpc) is 2.44. The van der Waals surface area contributed by atoms with Gasteiger partial charge in [-0.05, 0) is 0 Å². The van der Waals surface area contributed by atoms with Crippen molar-refractivity contribution in [3.8, 4) is 22.6 Å². The molecular formula is C20H21O2Se-. The van der Waals surface area contributed by atoms with Gasteiger partial charge in [0, 0.05) is 0 Å². The molecule has 0 unspecified atom stereocenters. The predicted octanol–water partition coefficient (Wildman–Crippen LogP) is 1.39. The Morgan fingerprint density at radius 2 is 1.65 bits per heavy atom. The third kappa shape index (κ3) is 4.00. The molecule has 2 nitrogen and oxygen atoms in total. The Morgan fingerprint density at radius 3 is 2.22 bits per heavy atom. The number of carboxylic acids is 1. The number of carbonyl (C=O) groups is 1. The standard InChI is InChI=1S/C20H22O2Se/c1-14-12-15-16(20(4,5)10-9-19(15,2)3)13-17(14)23-11-7-6-8-18(21)22/h12-13H,9-10H2,1-5H3,(H,21,22)/p-1. The Hall–Kier alpha value is -1.67. The Kier molecular flexibility index (Phi) is 4.95. The van der Waals surface area contributed by atoms with E-state index in [1.165, 1.54) is 34.0 Å². The second-order valence-electron chi connectivity index (χ2n) is 7.30. The fourth-order valence-electron chi connectivity index (χ4n) is 3.00. The molecule has 0 radical (unpaired) electrons. The molecule has 0 atom stereocenters. The monoisotopic (exact) mass is 373 g/mol. The number of carboxylic acid groups (broad SMARTS) is 1. The maximum atomic E-state index is 10.2. The van der Waals surface area contributed by atoms with Crippen LogP contribution in [0.5, 0.6) is 0 Å². The summed E-state index contributed by atoms with van der Waals surface area (Å²) in [5.74, 6) is 5.44. The summed E-state index contributed by atoms with van der Waals surface area (Å²) < 4.78 is 1.25. The molecule has 3 heteroatoms. The van der Waals surface area contributed by atoms with Gasteiger partial charge in [0.05, 0.1) is 0 Å². The summed E-state index contributed by atoms with van der Waals surface area (Å²) in [6.07, 6.45) is 2.39. The van der Waals surface area contributed by atoms with Crippen molar-refractivity contribution in [1.82, 2.24) is 0 Å². The van der Waals surface area contributed by atoms with Gasteiger partial charge in [0.1, 0.15) is 0 Å². The molecule has 0 saturated heterocycles. The normalized spacial score (nSPS) is 17.1. The molecule has 1 aliphatic rings. The molecule has 0 spiro atoms. The molecule has 2 rings (SSSR count). The number of benzene rings is 1. The van der Waals surface area contributed by atoms with Crippen molar-refractivity contribution in [3.05, 3.63) is 28.8 Å². The van der Waals surface area contributed by atoms with Crippen LogP contribution in [-0.2, 0) is 15.6 Å². The van der Waals surface area contributed by atoms with E-state index >= 15 is 0 Å². The first-order chi connectivity index (χ1) is 10.6. The fourth-order valence-corrected chi connectivity index (χ4v) is 4.28. The number of aryl methyl sites for hydroxylation is 1. The van der Waals surface area contributed by atoms with Gasteiger partial charge in [0.25, 0.3) is 0 Å². The molecule has 120 valence electrons. The summed E-state index contributed by atoms with van der Waals surface area (Å²) in [5.41, 5.74) is 4.55. The molecule has 0 N–H and O–H groups in total. The van der Waals surface area contributed by atoms with Crippen LogP contribution in [0, 0.1) is 29.5 Å². The maximum absolute atomic E-state index is 10.2. The van der Waals surface area contributed by atoms with E-state index < -0.39 is 5.97 Å². The zero-order valence-electron chi connectivity index (χ0n) is 14.3. The van der Waals surface area contributed by atoms with Gasteiger partial charge in [-0.3, -0.25) is 0 Å². The van der Waals surface area contributed by atoms with E-state index in [-0.39, 0.29) is 25.8 Å². The van der Waals surface area contributed by atoms with Crippen LogP contribution in [0.1, 0.15) is 57.2 Å². The van der Waals surface area contributed by atoms with Gasteiger partial charge in [-0.2, -0.15) is 0 Å². The van der Waals surface area contributed by atoms with Crippen molar-refractivity contribution in [1.29, 1.82) is 0 Å². The van der Waals surface area contributed by atoms with Gasteiger partial charge in [0.2, 0.25) is 0 Å². The van der Waals surface area contributed by atoms with Crippen LogP contribution in [-0.4, -0.2) is 20.9 Å². The predicted molar refractivity (Wildman–Crippen MR) is 92.4 cm³/mol. The van der Waals surface area contributed by atoms with Gasteiger partial charge in [0.15, 0.2) is 0 Å². The summed E-state index contributed by atoms with van der Waals surface area (Å²) in [4.78, 5) is 13.2. The molecule has 23 heavy (non-hydrogen) atoms. The second kappa shape index (κ2) is 6.45. The molecule has 0 heterocycles. The minimum absolute atomic E-state index is 0.0304. The minimum atomic E-state index is -1.39. The first kappa shape index (κ1) is 17.7. The number of carbonyl (C=O) groups excluding carboxylic acids is 1. The van der Waals surface area contributed by atoms with Crippen molar-refractivity contribution in [2.24, 2.45) is 0 Å². The van der Waals surface area contributed by atoms with E-state index in [2.05, 4.69) is 63.4 Å². The van der Waals surface area contributed by atoms with Gasteiger partial charge >= 0.3 is 145 Å². The van der Waals surface area contributed by atoms with Crippen molar-refractivity contribution in [3.63, 3.8) is 0 Å². The van der Waals surface area contributed by atoms with Crippen molar-refractivity contribution < 1.29 is 9.90 Å². The fraction of sp³-hybridized carbons (Fsp3) is 0.450. The summed E-state index contributed by atoms with van der Waals surface area (Å²) in [6, 6.07) is 4.63. The van der Waals surface area contributed by atoms with Crippen LogP contribution in [0.2, 0.25) is 0 Å². The Balaban J connectivity index is 2.38. The molecule has 0 aromatic heterocycles. The second-order valence-corrected chi connectivity index (χ2v) is 9.08. The Bertz CT molecular complexity index is 765. The summed E-state index contributed by atoms with van der Waals surface area (Å²) >= 11 is -0.0304. The van der Waals surface area contributed by atoms with Gasteiger partial charge in [-0.1, -0.05) is 0 Å². The summed E-state index contributed by atoms with van der Waals surface area (Å²) in [5, 5.41) is 10.2. The molecule has 0 amide bonds. The van der Waals surface area contributed by atoms with Crippen LogP contribution in [0.3, 0.4) is 0 Å². The SMILES string of the molecule is Cc1cc2c(cc1[Se]C#CC#CC(=O)[O-])C(C)(C)CCC2(C)C. The molecule has 0 bridgehead atoms. The quantitative estimate of drug-likeness (QED) is 0.552. The van der Waals surface area contributed by atoms with E-state index in [1.54, 1.807) is 0 Å². The molecule has 0 saturated carbocycles. The molecular weight excluding hydrogens is 351 g/mol. The number of fused-ring (bicyclic) bond motifs is 1. The van der Waals surface area contributed by atoms with E-state index in [0.29, 0.717) is 0 Å². The van der Waals surface area contributed by atoms with Crippen LogP contribution in [0.15, 0.2) is 12.1 Å². The molecule has 0 fully saturated rings. The first-order valence-electron chi connectivity index (χ1n) is 7.68. The van der Waals surface area contributed by atoms with Gasteiger partial charge in [-0.15, -0.1) is 0 Å². The number of aliphatic carboxylic acids is 1. The number of hydrogen-bond acceptors (Lipinski definition) is 2. The van der Waals surface area contributed by atoms with Crippen molar-refractivity contribution >= 4 is 25.4 Å². The summed E-state index contributed by atoms with van der Waals surface area (Å²) in [7, 11) is 0. The van der Waals surface area contributed by atoms with Crippen LogP contribution in [0.4, 0.5) is 0 Å². The zero-order chi connectivity index (χ0) is 17.3. The molecule has 1 aromatic carbocycles.